The van der Waals surface area contributed by atoms with E-state index < -0.39 is 0 Å². The van der Waals surface area contributed by atoms with E-state index in [1.807, 2.05) is 24.0 Å². The van der Waals surface area contributed by atoms with Gasteiger partial charge in [0.15, 0.2) is 5.76 Å². The quantitative estimate of drug-likeness (QED) is 0.783. The molecule has 2 aliphatic heterocycles. The molecule has 1 fully saturated rings. The fraction of sp³-hybridized carbons (Fsp3) is 0.500. The molecule has 0 saturated carbocycles. The van der Waals surface area contributed by atoms with Crippen LogP contribution in [0.3, 0.4) is 0 Å². The summed E-state index contributed by atoms with van der Waals surface area (Å²) in [5, 5.41) is 0. The van der Waals surface area contributed by atoms with E-state index in [0.29, 0.717) is 18.8 Å². The van der Waals surface area contributed by atoms with E-state index in [1.165, 1.54) is 11.1 Å². The smallest absolute Gasteiger partial charge is 0.289 e. The highest BCUT2D eigenvalue weighted by Crippen LogP contribution is 2.22. The Bertz CT molecular complexity index is 779. The zero-order valence-electron chi connectivity index (χ0n) is 16.0. The largest absolute Gasteiger partial charge is 0.455 e. The number of benzene rings is 1. The second-order valence-electron chi connectivity index (χ2n) is 7.47. The fourth-order valence-electron chi connectivity index (χ4n) is 4.03. The average Bonchev–Trinajstić information content (AvgIpc) is 3.37. The molecule has 27 heavy (non-hydrogen) atoms. The Kier molecular flexibility index (Phi) is 5.60. The van der Waals surface area contributed by atoms with Crippen molar-refractivity contribution in [3.8, 4) is 0 Å². The second kappa shape index (κ2) is 8.28. The minimum absolute atomic E-state index is 0.0387. The monoisotopic (exact) mass is 368 g/mol. The summed E-state index contributed by atoms with van der Waals surface area (Å²) in [6.45, 7) is 6.80. The van der Waals surface area contributed by atoms with Crippen LogP contribution in [0.5, 0.6) is 0 Å². The predicted octanol–water partition coefficient (Wildman–Crippen LogP) is 3.48. The molecule has 1 amide bonds. The molecular formula is C22H28N2O3. The van der Waals surface area contributed by atoms with Crippen molar-refractivity contribution in [1.29, 1.82) is 0 Å². The van der Waals surface area contributed by atoms with E-state index in [2.05, 4.69) is 29.2 Å². The zero-order valence-corrected chi connectivity index (χ0v) is 16.0. The first-order valence-corrected chi connectivity index (χ1v) is 10.0. The third kappa shape index (κ3) is 4.25. The number of rotatable bonds is 6. The summed E-state index contributed by atoms with van der Waals surface area (Å²) in [4.78, 5) is 17.0. The number of amides is 1. The summed E-state index contributed by atoms with van der Waals surface area (Å²) < 4.78 is 11.6. The van der Waals surface area contributed by atoms with Crippen LogP contribution in [0.2, 0.25) is 0 Å². The van der Waals surface area contributed by atoms with Gasteiger partial charge in [0, 0.05) is 32.8 Å². The summed E-state index contributed by atoms with van der Waals surface area (Å²) in [5.74, 6) is 1.25. The molecule has 1 aromatic heterocycles. The van der Waals surface area contributed by atoms with Gasteiger partial charge in [0.2, 0.25) is 0 Å². The lowest BCUT2D eigenvalue weighted by molar-refractivity contribution is 0.0513. The van der Waals surface area contributed by atoms with Gasteiger partial charge in [-0.2, -0.15) is 0 Å². The number of likely N-dealkylation sites (N-methyl/N-ethyl adjacent to an activating group) is 1. The van der Waals surface area contributed by atoms with Gasteiger partial charge in [0.25, 0.3) is 5.91 Å². The maximum absolute atomic E-state index is 12.8. The Hall–Kier alpha value is -2.11. The standard InChI is InChI=1S/C22H28N2O3/c1-2-24(16-19-8-5-13-26-19)22(25)21-10-9-20(27-21)15-23-12-11-17-6-3-4-7-18(17)14-23/h3-4,6-7,9-10,19H,2,5,8,11-16H2,1H3. The molecular weight excluding hydrogens is 340 g/mol. The molecule has 1 aromatic carbocycles. The molecule has 5 nitrogen and oxygen atoms in total. The average molecular weight is 368 g/mol. The lowest BCUT2D eigenvalue weighted by Gasteiger charge is -2.27. The molecule has 1 saturated heterocycles. The van der Waals surface area contributed by atoms with E-state index in [4.69, 9.17) is 9.15 Å². The Morgan fingerprint density at radius 2 is 2.07 bits per heavy atom. The first kappa shape index (κ1) is 18.3. The normalized spacial score (nSPS) is 19.8. The summed E-state index contributed by atoms with van der Waals surface area (Å²) >= 11 is 0. The Morgan fingerprint density at radius 3 is 2.85 bits per heavy atom. The van der Waals surface area contributed by atoms with E-state index >= 15 is 0 Å². The Morgan fingerprint density at radius 1 is 1.22 bits per heavy atom. The molecule has 2 aliphatic rings. The molecule has 2 aromatic rings. The van der Waals surface area contributed by atoms with Crippen LogP contribution >= 0.6 is 0 Å². The minimum Gasteiger partial charge on any atom is -0.455 e. The topological polar surface area (TPSA) is 45.9 Å². The minimum atomic E-state index is -0.0387. The van der Waals surface area contributed by atoms with Gasteiger partial charge in [0.05, 0.1) is 12.6 Å². The number of nitrogens with zero attached hydrogens (tertiary/aromatic N) is 2. The van der Waals surface area contributed by atoms with Crippen molar-refractivity contribution in [3.63, 3.8) is 0 Å². The maximum Gasteiger partial charge on any atom is 0.289 e. The molecule has 0 N–H and O–H groups in total. The van der Waals surface area contributed by atoms with Gasteiger partial charge in [-0.1, -0.05) is 24.3 Å². The van der Waals surface area contributed by atoms with Crippen LogP contribution < -0.4 is 0 Å². The number of carbonyl (C=O) groups is 1. The lowest BCUT2D eigenvalue weighted by Crippen LogP contribution is -2.37. The molecule has 5 heteroatoms. The summed E-state index contributed by atoms with van der Waals surface area (Å²) in [7, 11) is 0. The van der Waals surface area contributed by atoms with Crippen LogP contribution in [-0.4, -0.2) is 48.1 Å². The third-order valence-electron chi connectivity index (χ3n) is 5.58. The van der Waals surface area contributed by atoms with Gasteiger partial charge >= 0.3 is 0 Å². The summed E-state index contributed by atoms with van der Waals surface area (Å²) in [6, 6.07) is 12.4. The number of ether oxygens (including phenoxy) is 1. The number of fused-ring (bicyclic) bond motifs is 1. The van der Waals surface area contributed by atoms with Gasteiger partial charge in [-0.15, -0.1) is 0 Å². The van der Waals surface area contributed by atoms with Crippen LogP contribution in [0.25, 0.3) is 0 Å². The number of hydrogen-bond donors (Lipinski definition) is 0. The summed E-state index contributed by atoms with van der Waals surface area (Å²) in [5.41, 5.74) is 2.83. The van der Waals surface area contributed by atoms with E-state index in [9.17, 15) is 4.79 Å². The molecule has 1 unspecified atom stereocenters. The Labute approximate surface area is 160 Å². The first-order chi connectivity index (χ1) is 13.2. The van der Waals surface area contributed by atoms with Gasteiger partial charge in [-0.25, -0.2) is 0 Å². The van der Waals surface area contributed by atoms with Crippen LogP contribution in [0.15, 0.2) is 40.8 Å². The van der Waals surface area contributed by atoms with Gasteiger partial charge in [0.1, 0.15) is 5.76 Å². The molecule has 1 atom stereocenters. The van der Waals surface area contributed by atoms with Crippen LogP contribution in [0, 0.1) is 0 Å². The molecule has 144 valence electrons. The van der Waals surface area contributed by atoms with Crippen LogP contribution in [-0.2, 0) is 24.2 Å². The molecule has 0 radical (unpaired) electrons. The van der Waals surface area contributed by atoms with Crippen LogP contribution in [0.1, 0.15) is 47.2 Å². The van der Waals surface area contributed by atoms with Crippen molar-refractivity contribution in [3.05, 3.63) is 59.0 Å². The van der Waals surface area contributed by atoms with Crippen molar-refractivity contribution in [2.75, 3.05) is 26.2 Å². The SMILES string of the molecule is CCN(CC1CCCO1)C(=O)c1ccc(CN2CCc3ccccc3C2)o1. The van der Waals surface area contributed by atoms with Gasteiger partial charge < -0.3 is 14.1 Å². The number of carbonyl (C=O) groups excluding carboxylic acids is 1. The van der Waals surface area contributed by atoms with E-state index in [-0.39, 0.29) is 12.0 Å². The highest BCUT2D eigenvalue weighted by Gasteiger charge is 2.25. The predicted molar refractivity (Wildman–Crippen MR) is 104 cm³/mol. The zero-order chi connectivity index (χ0) is 18.6. The molecule has 0 spiro atoms. The van der Waals surface area contributed by atoms with Crippen LogP contribution in [0.4, 0.5) is 0 Å². The van der Waals surface area contributed by atoms with Crippen molar-refractivity contribution in [1.82, 2.24) is 9.80 Å². The van der Waals surface area contributed by atoms with Crippen molar-refractivity contribution >= 4 is 5.91 Å². The Balaban J connectivity index is 1.37. The second-order valence-corrected chi connectivity index (χ2v) is 7.47. The molecule has 0 bridgehead atoms. The van der Waals surface area contributed by atoms with Gasteiger partial charge in [-0.3, -0.25) is 9.69 Å². The number of hydrogen-bond acceptors (Lipinski definition) is 4. The van der Waals surface area contributed by atoms with Crippen molar-refractivity contribution in [2.24, 2.45) is 0 Å². The van der Waals surface area contributed by atoms with E-state index in [1.54, 1.807) is 0 Å². The molecule has 0 aliphatic carbocycles. The van der Waals surface area contributed by atoms with Gasteiger partial charge in [-0.05, 0) is 49.4 Å². The van der Waals surface area contributed by atoms with Crippen molar-refractivity contribution in [2.45, 2.75) is 45.4 Å². The fourth-order valence-corrected chi connectivity index (χ4v) is 4.03. The highest BCUT2D eigenvalue weighted by molar-refractivity contribution is 5.91. The third-order valence-corrected chi connectivity index (χ3v) is 5.58. The number of furan rings is 1. The first-order valence-electron chi connectivity index (χ1n) is 10.0. The molecule has 4 rings (SSSR count). The highest BCUT2D eigenvalue weighted by atomic mass is 16.5. The van der Waals surface area contributed by atoms with Crippen molar-refractivity contribution < 1.29 is 13.9 Å². The maximum atomic E-state index is 12.8. The molecule has 3 heterocycles. The summed E-state index contributed by atoms with van der Waals surface area (Å²) in [6.07, 6.45) is 3.34. The lowest BCUT2D eigenvalue weighted by atomic mass is 10.00. The van der Waals surface area contributed by atoms with E-state index in [0.717, 1.165) is 51.3 Å².